The van der Waals surface area contributed by atoms with Crippen LogP contribution in [0.4, 0.5) is 18.9 Å². The van der Waals surface area contributed by atoms with Gasteiger partial charge in [0.2, 0.25) is 0 Å². The molecule has 0 radical (unpaired) electrons. The Balaban J connectivity index is 2.51. The number of halogens is 4. The fourth-order valence-electron chi connectivity index (χ4n) is 1.81. The van der Waals surface area contributed by atoms with Gasteiger partial charge in [0.25, 0.3) is 5.56 Å². The van der Waals surface area contributed by atoms with Gasteiger partial charge in [0.1, 0.15) is 5.69 Å². The first kappa shape index (κ1) is 14.6. The van der Waals surface area contributed by atoms with Gasteiger partial charge in [-0.05, 0) is 23.8 Å². The van der Waals surface area contributed by atoms with E-state index in [-0.39, 0.29) is 6.54 Å². The third-order valence-electron chi connectivity index (χ3n) is 2.78. The summed E-state index contributed by atoms with van der Waals surface area (Å²) in [7, 11) is 0. The van der Waals surface area contributed by atoms with Crippen molar-refractivity contribution in [2.75, 3.05) is 5.73 Å². The van der Waals surface area contributed by atoms with Crippen molar-refractivity contribution in [3.63, 3.8) is 0 Å². The monoisotopic (exact) mass is 346 g/mol. The van der Waals surface area contributed by atoms with Crippen LogP contribution in [-0.2, 0) is 12.7 Å². The molecule has 2 N–H and O–H groups in total. The number of alkyl halides is 3. The molecule has 0 fully saturated rings. The van der Waals surface area contributed by atoms with Crippen molar-refractivity contribution in [3.05, 3.63) is 62.5 Å². The smallest absolute Gasteiger partial charge is 0.398 e. The fourth-order valence-corrected chi connectivity index (χ4v) is 2.19. The van der Waals surface area contributed by atoms with E-state index in [2.05, 4.69) is 15.9 Å². The number of nitrogens with zero attached hydrogens (tertiary/aromatic N) is 1. The Morgan fingerprint density at radius 2 is 1.90 bits per heavy atom. The van der Waals surface area contributed by atoms with E-state index >= 15 is 0 Å². The number of benzene rings is 1. The van der Waals surface area contributed by atoms with E-state index in [0.29, 0.717) is 15.8 Å². The van der Waals surface area contributed by atoms with E-state index in [0.717, 1.165) is 22.7 Å². The minimum Gasteiger partial charge on any atom is -0.398 e. The minimum atomic E-state index is -4.59. The number of nitrogen functional groups attached to an aromatic ring is 1. The number of hydrogen-bond acceptors (Lipinski definition) is 2. The van der Waals surface area contributed by atoms with Crippen LogP contribution in [0.2, 0.25) is 0 Å². The summed E-state index contributed by atoms with van der Waals surface area (Å²) in [6.07, 6.45) is -4.59. The van der Waals surface area contributed by atoms with Crippen molar-refractivity contribution in [2.24, 2.45) is 0 Å². The molecule has 1 aromatic carbocycles. The Morgan fingerprint density at radius 1 is 1.20 bits per heavy atom. The highest BCUT2D eigenvalue weighted by molar-refractivity contribution is 9.10. The second kappa shape index (κ2) is 5.32. The van der Waals surface area contributed by atoms with Crippen LogP contribution in [0, 0.1) is 0 Å². The van der Waals surface area contributed by atoms with Gasteiger partial charge in [0.15, 0.2) is 0 Å². The fraction of sp³-hybridized carbons (Fsp3) is 0.154. The summed E-state index contributed by atoms with van der Waals surface area (Å²) in [4.78, 5) is 11.7. The first-order valence-corrected chi connectivity index (χ1v) is 6.39. The van der Waals surface area contributed by atoms with Gasteiger partial charge in [-0.2, -0.15) is 13.2 Å². The van der Waals surface area contributed by atoms with Gasteiger partial charge in [-0.3, -0.25) is 9.36 Å². The Hall–Kier alpha value is -1.76. The molecule has 0 aliphatic rings. The molecule has 0 spiro atoms. The van der Waals surface area contributed by atoms with Crippen molar-refractivity contribution in [2.45, 2.75) is 12.7 Å². The summed E-state index contributed by atoms with van der Waals surface area (Å²) in [6.45, 7) is -0.229. The molecule has 0 saturated heterocycles. The molecule has 0 bridgehead atoms. The number of aromatic nitrogens is 1. The van der Waals surface area contributed by atoms with E-state index in [4.69, 9.17) is 5.73 Å². The van der Waals surface area contributed by atoms with Crippen LogP contribution in [0.5, 0.6) is 0 Å². The van der Waals surface area contributed by atoms with E-state index in [1.165, 1.54) is 0 Å². The highest BCUT2D eigenvalue weighted by Gasteiger charge is 2.34. The maximum atomic E-state index is 12.9. The van der Waals surface area contributed by atoms with Gasteiger partial charge >= 0.3 is 6.18 Å². The molecule has 0 amide bonds. The van der Waals surface area contributed by atoms with E-state index in [1.54, 1.807) is 18.2 Å². The number of anilines is 1. The second-order valence-electron chi connectivity index (χ2n) is 4.18. The van der Waals surface area contributed by atoms with Crippen LogP contribution in [-0.4, -0.2) is 4.57 Å². The molecule has 0 saturated carbocycles. The summed E-state index contributed by atoms with van der Waals surface area (Å²) in [5, 5.41) is 0. The molecule has 106 valence electrons. The zero-order chi connectivity index (χ0) is 14.9. The first-order valence-electron chi connectivity index (χ1n) is 5.60. The zero-order valence-electron chi connectivity index (χ0n) is 10.1. The zero-order valence-corrected chi connectivity index (χ0v) is 11.7. The van der Waals surface area contributed by atoms with Crippen LogP contribution in [0.15, 0.2) is 45.7 Å². The van der Waals surface area contributed by atoms with Crippen molar-refractivity contribution >= 4 is 21.6 Å². The highest BCUT2D eigenvalue weighted by atomic mass is 79.9. The minimum absolute atomic E-state index is 0.229. The van der Waals surface area contributed by atoms with Crippen LogP contribution >= 0.6 is 15.9 Å². The van der Waals surface area contributed by atoms with Crippen LogP contribution in [0.3, 0.4) is 0 Å². The van der Waals surface area contributed by atoms with Crippen molar-refractivity contribution in [1.82, 2.24) is 4.57 Å². The van der Waals surface area contributed by atoms with Gasteiger partial charge < -0.3 is 5.73 Å². The maximum Gasteiger partial charge on any atom is 0.431 e. The Kier molecular flexibility index (Phi) is 3.89. The van der Waals surface area contributed by atoms with Crippen molar-refractivity contribution in [3.8, 4) is 0 Å². The predicted octanol–water partition coefficient (Wildman–Crippen LogP) is 3.26. The van der Waals surface area contributed by atoms with Gasteiger partial charge in [-0.15, -0.1) is 0 Å². The average Bonchev–Trinajstić information content (AvgIpc) is 2.33. The summed E-state index contributed by atoms with van der Waals surface area (Å²) >= 11 is 3.21. The van der Waals surface area contributed by atoms with Crippen LogP contribution in [0.1, 0.15) is 11.3 Å². The van der Waals surface area contributed by atoms with E-state index in [1.807, 2.05) is 0 Å². The summed E-state index contributed by atoms with van der Waals surface area (Å²) < 4.78 is 40.1. The molecule has 20 heavy (non-hydrogen) atoms. The SMILES string of the molecule is Nc1cc(Br)ccc1Cn1c(C(F)(F)F)cccc1=O. The number of pyridine rings is 1. The lowest BCUT2D eigenvalue weighted by molar-refractivity contribution is -0.144. The van der Waals surface area contributed by atoms with Gasteiger partial charge in [0, 0.05) is 16.2 Å². The van der Waals surface area contributed by atoms with Crippen molar-refractivity contribution < 1.29 is 13.2 Å². The van der Waals surface area contributed by atoms with E-state index in [9.17, 15) is 18.0 Å². The second-order valence-corrected chi connectivity index (χ2v) is 5.09. The third-order valence-corrected chi connectivity index (χ3v) is 3.27. The molecule has 0 unspecified atom stereocenters. The highest BCUT2D eigenvalue weighted by Crippen LogP contribution is 2.29. The Bertz CT molecular complexity index is 695. The molecule has 0 atom stereocenters. The summed E-state index contributed by atoms with van der Waals surface area (Å²) in [5.41, 5.74) is 4.81. The Morgan fingerprint density at radius 3 is 2.50 bits per heavy atom. The predicted molar refractivity (Wildman–Crippen MR) is 73.4 cm³/mol. The van der Waals surface area contributed by atoms with Gasteiger partial charge in [-0.25, -0.2) is 0 Å². The molecule has 1 aromatic heterocycles. The molecule has 3 nitrogen and oxygen atoms in total. The lowest BCUT2D eigenvalue weighted by Crippen LogP contribution is -2.27. The first-order chi connectivity index (χ1) is 9.29. The molecule has 2 rings (SSSR count). The number of hydrogen-bond donors (Lipinski definition) is 1. The van der Waals surface area contributed by atoms with Gasteiger partial charge in [-0.1, -0.05) is 28.1 Å². The number of rotatable bonds is 2. The average molecular weight is 347 g/mol. The molecular formula is C13H10BrF3N2O. The normalized spacial score (nSPS) is 11.6. The quantitative estimate of drug-likeness (QED) is 0.848. The lowest BCUT2D eigenvalue weighted by atomic mass is 10.1. The topological polar surface area (TPSA) is 48.0 Å². The molecule has 7 heteroatoms. The molecule has 1 heterocycles. The van der Waals surface area contributed by atoms with Crippen LogP contribution in [0.25, 0.3) is 0 Å². The maximum absolute atomic E-state index is 12.9. The van der Waals surface area contributed by atoms with Gasteiger partial charge in [0.05, 0.1) is 6.54 Å². The Labute approximate surface area is 121 Å². The summed E-state index contributed by atoms with van der Waals surface area (Å²) in [6, 6.07) is 7.87. The standard InChI is InChI=1S/C13H10BrF3N2O/c14-9-5-4-8(10(18)6-9)7-19-11(13(15,16)17)2-1-3-12(19)20/h1-6H,7,18H2. The molecule has 0 aliphatic carbocycles. The third kappa shape index (κ3) is 3.04. The summed E-state index contributed by atoms with van der Waals surface area (Å²) in [5.74, 6) is 0. The lowest BCUT2D eigenvalue weighted by Gasteiger charge is -2.16. The molecular weight excluding hydrogens is 337 g/mol. The molecule has 2 aromatic rings. The number of nitrogens with two attached hydrogens (primary N) is 1. The largest absolute Gasteiger partial charge is 0.431 e. The van der Waals surface area contributed by atoms with E-state index < -0.39 is 17.4 Å². The molecule has 0 aliphatic heterocycles. The van der Waals surface area contributed by atoms with Crippen molar-refractivity contribution in [1.29, 1.82) is 0 Å². The van der Waals surface area contributed by atoms with Crippen LogP contribution < -0.4 is 11.3 Å².